The molecule has 1 unspecified atom stereocenters. The van der Waals surface area contributed by atoms with E-state index in [0.29, 0.717) is 12.3 Å². The topological polar surface area (TPSA) is 64.9 Å². The molecule has 1 aromatic heterocycles. The van der Waals surface area contributed by atoms with Crippen molar-refractivity contribution in [3.63, 3.8) is 0 Å². The van der Waals surface area contributed by atoms with Gasteiger partial charge >= 0.3 is 0 Å². The zero-order valence-corrected chi connectivity index (χ0v) is 11.3. The van der Waals surface area contributed by atoms with Crippen molar-refractivity contribution in [2.45, 2.75) is 57.1 Å². The predicted octanol–water partition coefficient (Wildman–Crippen LogP) is 2.38. The van der Waals surface area contributed by atoms with Gasteiger partial charge in [-0.3, -0.25) is 0 Å². The van der Waals surface area contributed by atoms with Crippen LogP contribution in [0.1, 0.15) is 45.8 Å². The van der Waals surface area contributed by atoms with Crippen molar-refractivity contribution in [2.75, 3.05) is 0 Å². The normalized spacial score (nSPS) is 14.1. The monoisotopic (exact) mass is 243 g/mol. The SMILES string of the molecule is CCC(N)Cc1nc(CSC(C)(C)C)no1. The maximum atomic E-state index is 5.82. The molecule has 0 bridgehead atoms. The predicted molar refractivity (Wildman–Crippen MR) is 67.3 cm³/mol. The Morgan fingerprint density at radius 3 is 2.69 bits per heavy atom. The molecule has 0 fully saturated rings. The third-order valence-corrected chi connectivity index (χ3v) is 3.37. The van der Waals surface area contributed by atoms with E-state index in [9.17, 15) is 0 Å². The molecule has 4 nitrogen and oxygen atoms in total. The van der Waals surface area contributed by atoms with Gasteiger partial charge in [-0.05, 0) is 6.42 Å². The van der Waals surface area contributed by atoms with Gasteiger partial charge in [-0.1, -0.05) is 32.9 Å². The maximum absolute atomic E-state index is 5.82. The largest absolute Gasteiger partial charge is 0.339 e. The van der Waals surface area contributed by atoms with Crippen molar-refractivity contribution in [3.05, 3.63) is 11.7 Å². The third kappa shape index (κ3) is 4.99. The molecular weight excluding hydrogens is 222 g/mol. The highest BCUT2D eigenvalue weighted by atomic mass is 32.2. The van der Waals surface area contributed by atoms with Crippen LogP contribution < -0.4 is 5.73 Å². The average molecular weight is 243 g/mol. The van der Waals surface area contributed by atoms with Gasteiger partial charge in [-0.15, -0.1) is 11.8 Å². The molecular formula is C11H21N3OS. The summed E-state index contributed by atoms with van der Waals surface area (Å²) in [5.74, 6) is 2.20. The first-order valence-corrected chi connectivity index (χ1v) is 6.60. The van der Waals surface area contributed by atoms with Crippen LogP contribution in [0.2, 0.25) is 0 Å². The van der Waals surface area contributed by atoms with Crippen molar-refractivity contribution >= 4 is 11.8 Å². The summed E-state index contributed by atoms with van der Waals surface area (Å²) in [5.41, 5.74) is 5.82. The van der Waals surface area contributed by atoms with Gasteiger partial charge in [-0.2, -0.15) is 4.98 Å². The fraction of sp³-hybridized carbons (Fsp3) is 0.818. The third-order valence-electron chi connectivity index (χ3n) is 2.11. The highest BCUT2D eigenvalue weighted by Gasteiger charge is 2.14. The summed E-state index contributed by atoms with van der Waals surface area (Å²) in [5, 5.41) is 3.94. The van der Waals surface area contributed by atoms with Gasteiger partial charge in [-0.25, -0.2) is 0 Å². The number of aromatic nitrogens is 2. The quantitative estimate of drug-likeness (QED) is 0.860. The van der Waals surface area contributed by atoms with E-state index in [0.717, 1.165) is 18.0 Å². The van der Waals surface area contributed by atoms with E-state index < -0.39 is 0 Å². The highest BCUT2D eigenvalue weighted by molar-refractivity contribution is 7.99. The Balaban J connectivity index is 2.45. The van der Waals surface area contributed by atoms with Gasteiger partial charge in [0.05, 0.1) is 5.75 Å². The van der Waals surface area contributed by atoms with Crippen LogP contribution in [0.4, 0.5) is 0 Å². The van der Waals surface area contributed by atoms with Gasteiger partial charge in [0.15, 0.2) is 5.82 Å². The van der Waals surface area contributed by atoms with Crippen molar-refractivity contribution in [3.8, 4) is 0 Å². The minimum absolute atomic E-state index is 0.114. The van der Waals surface area contributed by atoms with Crippen LogP contribution in [0.3, 0.4) is 0 Å². The summed E-state index contributed by atoms with van der Waals surface area (Å²) < 4.78 is 5.37. The summed E-state index contributed by atoms with van der Waals surface area (Å²) in [6.07, 6.45) is 1.60. The maximum Gasteiger partial charge on any atom is 0.228 e. The molecule has 0 spiro atoms. The van der Waals surface area contributed by atoms with Crippen LogP contribution >= 0.6 is 11.8 Å². The van der Waals surface area contributed by atoms with Crippen molar-refractivity contribution in [1.82, 2.24) is 10.1 Å². The number of thioether (sulfide) groups is 1. The van der Waals surface area contributed by atoms with E-state index in [2.05, 4.69) is 37.8 Å². The van der Waals surface area contributed by atoms with Crippen molar-refractivity contribution in [2.24, 2.45) is 5.73 Å². The lowest BCUT2D eigenvalue weighted by molar-refractivity contribution is 0.364. The van der Waals surface area contributed by atoms with E-state index in [1.165, 1.54) is 0 Å². The van der Waals surface area contributed by atoms with Gasteiger partial charge in [0.2, 0.25) is 5.89 Å². The molecule has 1 rings (SSSR count). The van der Waals surface area contributed by atoms with E-state index in [1.54, 1.807) is 0 Å². The standard InChI is InChI=1S/C11H21N3OS/c1-5-8(12)6-10-13-9(14-15-10)7-16-11(2,3)4/h8H,5-7,12H2,1-4H3. The Morgan fingerprint density at radius 2 is 2.12 bits per heavy atom. The lowest BCUT2D eigenvalue weighted by Crippen LogP contribution is -2.21. The number of rotatable bonds is 5. The molecule has 0 radical (unpaired) electrons. The molecule has 2 N–H and O–H groups in total. The van der Waals surface area contributed by atoms with E-state index >= 15 is 0 Å². The summed E-state index contributed by atoms with van der Waals surface area (Å²) >= 11 is 1.81. The molecule has 0 aliphatic carbocycles. The molecule has 1 atom stereocenters. The van der Waals surface area contributed by atoms with Crippen LogP contribution in [0.25, 0.3) is 0 Å². The number of hydrogen-bond donors (Lipinski definition) is 1. The van der Waals surface area contributed by atoms with E-state index in [1.807, 2.05) is 11.8 Å². The molecule has 16 heavy (non-hydrogen) atoms. The second kappa shape index (κ2) is 5.68. The summed E-state index contributed by atoms with van der Waals surface area (Å²) in [6.45, 7) is 8.57. The van der Waals surface area contributed by atoms with Gasteiger partial charge in [0.1, 0.15) is 0 Å². The Hall–Kier alpha value is -0.550. The highest BCUT2D eigenvalue weighted by Crippen LogP contribution is 2.26. The second-order valence-electron chi connectivity index (χ2n) is 4.88. The van der Waals surface area contributed by atoms with E-state index in [4.69, 9.17) is 10.3 Å². The first-order chi connectivity index (χ1) is 7.40. The smallest absolute Gasteiger partial charge is 0.228 e. The fourth-order valence-corrected chi connectivity index (χ4v) is 1.76. The van der Waals surface area contributed by atoms with Crippen LogP contribution in [-0.2, 0) is 12.2 Å². The molecule has 0 aliphatic rings. The molecule has 92 valence electrons. The Labute approximate surface area is 101 Å². The Bertz CT molecular complexity index is 319. The number of nitrogens with zero attached hydrogens (tertiary/aromatic N) is 2. The van der Waals surface area contributed by atoms with Crippen LogP contribution in [0.15, 0.2) is 4.52 Å². The molecule has 0 saturated heterocycles. The zero-order chi connectivity index (χ0) is 12.2. The average Bonchev–Trinajstić information content (AvgIpc) is 2.61. The summed E-state index contributed by atoms with van der Waals surface area (Å²) in [7, 11) is 0. The molecule has 1 aromatic rings. The molecule has 5 heteroatoms. The van der Waals surface area contributed by atoms with Crippen LogP contribution in [-0.4, -0.2) is 20.9 Å². The minimum atomic E-state index is 0.114. The molecule has 0 aromatic carbocycles. The first-order valence-electron chi connectivity index (χ1n) is 5.61. The van der Waals surface area contributed by atoms with Gasteiger partial charge in [0.25, 0.3) is 0 Å². The number of hydrogen-bond acceptors (Lipinski definition) is 5. The van der Waals surface area contributed by atoms with Crippen molar-refractivity contribution in [1.29, 1.82) is 0 Å². The first kappa shape index (κ1) is 13.5. The molecule has 1 heterocycles. The van der Waals surface area contributed by atoms with Gasteiger partial charge in [0, 0.05) is 17.2 Å². The number of nitrogens with two attached hydrogens (primary N) is 1. The fourth-order valence-electron chi connectivity index (χ4n) is 1.08. The van der Waals surface area contributed by atoms with Crippen molar-refractivity contribution < 1.29 is 4.52 Å². The molecule has 0 aliphatic heterocycles. The molecule has 0 amide bonds. The van der Waals surface area contributed by atoms with Gasteiger partial charge < -0.3 is 10.3 Å². The lowest BCUT2D eigenvalue weighted by atomic mass is 10.2. The van der Waals surface area contributed by atoms with Crippen LogP contribution in [0, 0.1) is 0 Å². The second-order valence-corrected chi connectivity index (χ2v) is 6.68. The Morgan fingerprint density at radius 1 is 1.44 bits per heavy atom. The summed E-state index contributed by atoms with van der Waals surface area (Å²) in [4.78, 5) is 4.32. The minimum Gasteiger partial charge on any atom is -0.339 e. The molecule has 0 saturated carbocycles. The Kier molecular flexibility index (Phi) is 4.80. The van der Waals surface area contributed by atoms with Crippen LogP contribution in [0.5, 0.6) is 0 Å². The zero-order valence-electron chi connectivity index (χ0n) is 10.5. The summed E-state index contributed by atoms with van der Waals surface area (Å²) in [6, 6.07) is 0.114. The lowest BCUT2D eigenvalue weighted by Gasteiger charge is -2.15. The van der Waals surface area contributed by atoms with E-state index in [-0.39, 0.29) is 10.8 Å².